The fourth-order valence-electron chi connectivity index (χ4n) is 3.87. The normalized spacial score (nSPS) is 12.1. The van der Waals surface area contributed by atoms with E-state index < -0.39 is 22.3 Å². The summed E-state index contributed by atoms with van der Waals surface area (Å²) in [6, 6.07) is 12.8. The van der Waals surface area contributed by atoms with Crippen molar-refractivity contribution in [3.63, 3.8) is 0 Å². The van der Waals surface area contributed by atoms with Gasteiger partial charge in [0.1, 0.15) is 11.4 Å². The minimum atomic E-state index is -0.827. The van der Waals surface area contributed by atoms with Crippen LogP contribution in [0.2, 0.25) is 0 Å². The van der Waals surface area contributed by atoms with Gasteiger partial charge in [0.05, 0.1) is 21.8 Å². The van der Waals surface area contributed by atoms with E-state index in [0.717, 1.165) is 32.0 Å². The minimum Gasteiger partial charge on any atom is -0.384 e. The van der Waals surface area contributed by atoms with Gasteiger partial charge < -0.3 is 5.73 Å². The Labute approximate surface area is 204 Å². The number of fused-ring (bicyclic) bond motifs is 1. The standard InChI is InChI=1S/C25H25N5O4S/c1-13-10-11-14(2)18(12-13)30-22(32)16-8-6-7-9-17(16)27-24(30)35-15(3)20(31)19-21(26)28(4)25(34)29(5)23(19)33/h6-12,15H,26H2,1-5H3. The summed E-state index contributed by atoms with van der Waals surface area (Å²) >= 11 is 1.06. The number of aromatic nitrogens is 4. The number of nitrogen functional groups attached to an aromatic ring is 1. The zero-order chi connectivity index (χ0) is 25.6. The number of Topliss-reactive ketones (excluding diaryl/α,β-unsaturated/α-hetero) is 1. The van der Waals surface area contributed by atoms with Gasteiger partial charge in [-0.05, 0) is 50.1 Å². The van der Waals surface area contributed by atoms with Gasteiger partial charge in [0.2, 0.25) is 0 Å². The number of hydrogen-bond donors (Lipinski definition) is 1. The topological polar surface area (TPSA) is 122 Å². The molecule has 4 aromatic rings. The number of nitrogens with two attached hydrogens (primary N) is 1. The Morgan fingerprint density at radius 2 is 1.69 bits per heavy atom. The summed E-state index contributed by atoms with van der Waals surface area (Å²) in [5.74, 6) is -0.757. The van der Waals surface area contributed by atoms with Crippen LogP contribution in [0.25, 0.3) is 16.6 Å². The van der Waals surface area contributed by atoms with E-state index in [0.29, 0.717) is 21.7 Å². The fourth-order valence-corrected chi connectivity index (χ4v) is 4.85. The number of hydrogen-bond acceptors (Lipinski definition) is 7. The number of nitrogens with zero attached hydrogens (tertiary/aromatic N) is 4. The first kappa shape index (κ1) is 24.2. The van der Waals surface area contributed by atoms with Crippen molar-refractivity contribution in [3.05, 3.63) is 90.3 Å². The second-order valence-electron chi connectivity index (χ2n) is 8.43. The number of aryl methyl sites for hydroxylation is 2. The largest absolute Gasteiger partial charge is 0.384 e. The minimum absolute atomic E-state index is 0.200. The molecular weight excluding hydrogens is 466 g/mol. The smallest absolute Gasteiger partial charge is 0.332 e. The summed E-state index contributed by atoms with van der Waals surface area (Å²) in [4.78, 5) is 56.5. The van der Waals surface area contributed by atoms with Crippen LogP contribution < -0.4 is 22.5 Å². The lowest BCUT2D eigenvalue weighted by Crippen LogP contribution is -2.42. The fraction of sp³-hybridized carbons (Fsp3) is 0.240. The van der Waals surface area contributed by atoms with Crippen LogP contribution in [0.15, 0.2) is 62.0 Å². The quantitative estimate of drug-likeness (QED) is 0.258. The number of ketones is 1. The van der Waals surface area contributed by atoms with E-state index in [1.807, 2.05) is 32.0 Å². The number of para-hydroxylation sites is 1. The molecule has 35 heavy (non-hydrogen) atoms. The summed E-state index contributed by atoms with van der Waals surface area (Å²) in [6.07, 6.45) is 0. The molecule has 0 spiro atoms. The number of anilines is 1. The van der Waals surface area contributed by atoms with Crippen molar-refractivity contribution in [1.82, 2.24) is 18.7 Å². The molecule has 0 radical (unpaired) electrons. The molecule has 4 rings (SSSR count). The van der Waals surface area contributed by atoms with Crippen LogP contribution in [-0.2, 0) is 14.1 Å². The zero-order valence-electron chi connectivity index (χ0n) is 20.0. The van der Waals surface area contributed by atoms with E-state index in [1.165, 1.54) is 18.7 Å². The lowest BCUT2D eigenvalue weighted by Gasteiger charge is -2.18. The first-order valence-corrected chi connectivity index (χ1v) is 11.8. The third kappa shape index (κ3) is 4.10. The van der Waals surface area contributed by atoms with Crippen molar-refractivity contribution in [3.8, 4) is 5.69 Å². The van der Waals surface area contributed by atoms with Crippen molar-refractivity contribution in [1.29, 1.82) is 0 Å². The molecule has 1 atom stereocenters. The van der Waals surface area contributed by atoms with Gasteiger partial charge in [-0.1, -0.05) is 36.0 Å². The molecule has 0 amide bonds. The number of thioether (sulfide) groups is 1. The summed E-state index contributed by atoms with van der Waals surface area (Å²) in [7, 11) is 2.69. The number of carbonyl (C=O) groups excluding carboxylic acids is 1. The van der Waals surface area contributed by atoms with E-state index in [-0.39, 0.29) is 16.9 Å². The average molecular weight is 492 g/mol. The van der Waals surface area contributed by atoms with Gasteiger partial charge in [0.15, 0.2) is 10.9 Å². The lowest BCUT2D eigenvalue weighted by molar-refractivity contribution is 0.0992. The van der Waals surface area contributed by atoms with Crippen LogP contribution in [-0.4, -0.2) is 29.7 Å². The maximum atomic E-state index is 13.6. The van der Waals surface area contributed by atoms with E-state index >= 15 is 0 Å². The van der Waals surface area contributed by atoms with E-state index in [2.05, 4.69) is 0 Å². The molecule has 2 heterocycles. The van der Waals surface area contributed by atoms with Crippen molar-refractivity contribution in [2.45, 2.75) is 31.2 Å². The molecule has 10 heteroatoms. The van der Waals surface area contributed by atoms with Crippen LogP contribution in [0.5, 0.6) is 0 Å². The summed E-state index contributed by atoms with van der Waals surface area (Å²) in [5, 5.41) is -0.0664. The van der Waals surface area contributed by atoms with Crippen LogP contribution in [0, 0.1) is 13.8 Å². The number of rotatable bonds is 5. The van der Waals surface area contributed by atoms with Gasteiger partial charge in [0.25, 0.3) is 11.1 Å². The van der Waals surface area contributed by atoms with E-state index in [9.17, 15) is 19.2 Å². The zero-order valence-corrected chi connectivity index (χ0v) is 20.8. The first-order chi connectivity index (χ1) is 16.5. The highest BCUT2D eigenvalue weighted by molar-refractivity contribution is 8.00. The van der Waals surface area contributed by atoms with Gasteiger partial charge in [-0.25, -0.2) is 9.78 Å². The lowest BCUT2D eigenvalue weighted by atomic mass is 10.1. The molecule has 9 nitrogen and oxygen atoms in total. The molecule has 0 aliphatic heterocycles. The van der Waals surface area contributed by atoms with Gasteiger partial charge in [-0.3, -0.25) is 28.1 Å². The second kappa shape index (κ2) is 9.03. The van der Waals surface area contributed by atoms with E-state index in [1.54, 1.807) is 31.2 Å². The molecule has 180 valence electrons. The Hall–Kier alpha value is -3.92. The molecule has 2 N–H and O–H groups in total. The first-order valence-electron chi connectivity index (χ1n) is 10.9. The Morgan fingerprint density at radius 1 is 1.00 bits per heavy atom. The van der Waals surface area contributed by atoms with Crippen LogP contribution in [0.4, 0.5) is 5.82 Å². The third-order valence-electron chi connectivity index (χ3n) is 5.96. The highest BCUT2D eigenvalue weighted by Gasteiger charge is 2.27. The van der Waals surface area contributed by atoms with Gasteiger partial charge >= 0.3 is 5.69 Å². The predicted octanol–water partition coefficient (Wildman–Crippen LogP) is 2.35. The number of benzene rings is 2. The molecule has 0 bridgehead atoms. The number of carbonyl (C=O) groups is 1. The Balaban J connectivity index is 1.89. The summed E-state index contributed by atoms with van der Waals surface area (Å²) in [6.45, 7) is 5.44. The van der Waals surface area contributed by atoms with Crippen molar-refractivity contribution in [2.75, 3.05) is 5.73 Å². The molecule has 0 saturated heterocycles. The molecule has 2 aromatic heterocycles. The van der Waals surface area contributed by atoms with Crippen molar-refractivity contribution in [2.24, 2.45) is 14.1 Å². The third-order valence-corrected chi connectivity index (χ3v) is 7.01. The van der Waals surface area contributed by atoms with Gasteiger partial charge in [-0.2, -0.15) is 0 Å². The second-order valence-corrected chi connectivity index (χ2v) is 9.74. The molecule has 0 aliphatic rings. The van der Waals surface area contributed by atoms with Crippen LogP contribution in [0.3, 0.4) is 0 Å². The van der Waals surface area contributed by atoms with Crippen molar-refractivity contribution < 1.29 is 4.79 Å². The molecule has 0 saturated carbocycles. The summed E-state index contributed by atoms with van der Waals surface area (Å²) < 4.78 is 3.41. The highest BCUT2D eigenvalue weighted by Crippen LogP contribution is 2.28. The Morgan fingerprint density at radius 3 is 2.40 bits per heavy atom. The monoisotopic (exact) mass is 491 g/mol. The molecule has 2 aromatic carbocycles. The Kier molecular flexibility index (Phi) is 6.25. The molecule has 1 unspecified atom stereocenters. The predicted molar refractivity (Wildman–Crippen MR) is 138 cm³/mol. The Bertz CT molecular complexity index is 1680. The van der Waals surface area contributed by atoms with Crippen molar-refractivity contribution >= 4 is 34.3 Å². The van der Waals surface area contributed by atoms with Crippen LogP contribution in [0.1, 0.15) is 28.4 Å². The molecule has 0 aliphatic carbocycles. The molecular formula is C25H25N5O4S. The average Bonchev–Trinajstić information content (AvgIpc) is 2.83. The maximum Gasteiger partial charge on any atom is 0.332 e. The summed E-state index contributed by atoms with van der Waals surface area (Å²) in [5.41, 5.74) is 7.07. The maximum absolute atomic E-state index is 13.6. The van der Waals surface area contributed by atoms with Gasteiger partial charge in [-0.15, -0.1) is 0 Å². The van der Waals surface area contributed by atoms with Crippen LogP contribution >= 0.6 is 11.8 Å². The highest BCUT2D eigenvalue weighted by atomic mass is 32.2. The van der Waals surface area contributed by atoms with Gasteiger partial charge in [0, 0.05) is 14.1 Å². The molecule has 0 fully saturated rings. The SMILES string of the molecule is Cc1ccc(C)c(-n2c(SC(C)C(=O)c3c(N)n(C)c(=O)n(C)c3=O)nc3ccccc3c2=O)c1. The van der Waals surface area contributed by atoms with E-state index in [4.69, 9.17) is 10.7 Å².